The van der Waals surface area contributed by atoms with E-state index in [1.807, 2.05) is 0 Å². The van der Waals surface area contributed by atoms with Gasteiger partial charge in [-0.05, 0) is 6.42 Å². The van der Waals surface area contributed by atoms with Crippen LogP contribution in [0, 0.1) is 11.3 Å². The second-order valence-corrected chi connectivity index (χ2v) is 4.17. The summed E-state index contributed by atoms with van der Waals surface area (Å²) in [5.41, 5.74) is 0. The van der Waals surface area contributed by atoms with Gasteiger partial charge in [0.05, 0.1) is 12.6 Å². The molecule has 6 heteroatoms. The highest BCUT2D eigenvalue weighted by molar-refractivity contribution is 4.98. The molecule has 1 saturated heterocycles. The Kier molecular flexibility index (Phi) is 4.07. The highest BCUT2D eigenvalue weighted by Crippen LogP contribution is 2.09. The van der Waals surface area contributed by atoms with Crippen LogP contribution in [0.25, 0.3) is 0 Å². The lowest BCUT2D eigenvalue weighted by Crippen LogP contribution is -2.50. The van der Waals surface area contributed by atoms with Crippen LogP contribution in [-0.4, -0.2) is 40.7 Å². The molecule has 1 aliphatic rings. The molecule has 6 nitrogen and oxygen atoms in total. The first-order chi connectivity index (χ1) is 8.33. The van der Waals surface area contributed by atoms with Crippen molar-refractivity contribution in [2.45, 2.75) is 32.4 Å². The minimum Gasteiger partial charge on any atom is -0.338 e. The van der Waals surface area contributed by atoms with Gasteiger partial charge in [0.2, 0.25) is 5.89 Å². The van der Waals surface area contributed by atoms with Crippen molar-refractivity contribution in [3.8, 4) is 6.07 Å². The summed E-state index contributed by atoms with van der Waals surface area (Å²) in [6.07, 6.45) is 1.85. The second-order valence-electron chi connectivity index (χ2n) is 4.17. The van der Waals surface area contributed by atoms with E-state index in [9.17, 15) is 0 Å². The van der Waals surface area contributed by atoms with Crippen LogP contribution in [-0.2, 0) is 13.0 Å². The van der Waals surface area contributed by atoms with Crippen LogP contribution in [0.1, 0.15) is 25.1 Å². The first-order valence-electron chi connectivity index (χ1n) is 5.99. The Hall–Kier alpha value is -1.45. The van der Waals surface area contributed by atoms with Gasteiger partial charge in [-0.2, -0.15) is 10.2 Å². The van der Waals surface area contributed by atoms with Crippen LogP contribution in [0.3, 0.4) is 0 Å². The summed E-state index contributed by atoms with van der Waals surface area (Å²) in [7, 11) is 0. The summed E-state index contributed by atoms with van der Waals surface area (Å²) in [6.45, 7) is 5.08. The van der Waals surface area contributed by atoms with Crippen LogP contribution in [0.5, 0.6) is 0 Å². The van der Waals surface area contributed by atoms with Crippen LogP contribution in [0.15, 0.2) is 4.52 Å². The van der Waals surface area contributed by atoms with Crippen molar-refractivity contribution < 1.29 is 4.52 Å². The molecule has 1 unspecified atom stereocenters. The van der Waals surface area contributed by atoms with Crippen LogP contribution >= 0.6 is 0 Å². The number of piperazine rings is 1. The third-order valence-corrected chi connectivity index (χ3v) is 2.83. The molecule has 0 saturated carbocycles. The van der Waals surface area contributed by atoms with Gasteiger partial charge in [-0.15, -0.1) is 0 Å². The molecule has 17 heavy (non-hydrogen) atoms. The number of aromatic nitrogens is 2. The third kappa shape index (κ3) is 3.02. The van der Waals surface area contributed by atoms with E-state index in [0.717, 1.165) is 31.8 Å². The van der Waals surface area contributed by atoms with Crippen LogP contribution in [0.4, 0.5) is 0 Å². The first-order valence-corrected chi connectivity index (χ1v) is 5.99. The summed E-state index contributed by atoms with van der Waals surface area (Å²) in [6, 6.07) is 2.17. The minimum absolute atomic E-state index is 0.106. The fourth-order valence-corrected chi connectivity index (χ4v) is 1.92. The lowest BCUT2D eigenvalue weighted by molar-refractivity contribution is 0.166. The maximum Gasteiger partial charge on any atom is 0.240 e. The Morgan fingerprint density at radius 3 is 3.29 bits per heavy atom. The predicted molar refractivity (Wildman–Crippen MR) is 61.0 cm³/mol. The summed E-state index contributed by atoms with van der Waals surface area (Å²) in [5, 5.41) is 16.1. The molecule has 1 aliphatic heterocycles. The topological polar surface area (TPSA) is 78.0 Å². The van der Waals surface area contributed by atoms with Gasteiger partial charge in [0.1, 0.15) is 6.04 Å². The molecule has 0 aliphatic carbocycles. The van der Waals surface area contributed by atoms with Gasteiger partial charge in [0.25, 0.3) is 0 Å². The first kappa shape index (κ1) is 12.0. The molecular weight excluding hydrogens is 218 g/mol. The van der Waals surface area contributed by atoms with E-state index in [1.165, 1.54) is 0 Å². The van der Waals surface area contributed by atoms with Gasteiger partial charge in [-0.3, -0.25) is 4.90 Å². The number of hydrogen-bond donors (Lipinski definition) is 1. The normalized spacial score (nSPS) is 21.3. The molecule has 1 atom stereocenters. The number of aryl methyl sites for hydroxylation is 1. The minimum atomic E-state index is -0.106. The van der Waals surface area contributed by atoms with E-state index in [0.29, 0.717) is 19.0 Å². The van der Waals surface area contributed by atoms with Crippen molar-refractivity contribution >= 4 is 0 Å². The average Bonchev–Trinajstić information content (AvgIpc) is 2.78. The standard InChI is InChI=1S/C11H17N5O/c1-2-3-10-14-11(17-15-10)8-16-5-4-13-7-9(16)6-12/h9,13H,2-5,7-8H2,1H3. The molecule has 2 heterocycles. The lowest BCUT2D eigenvalue weighted by Gasteiger charge is -2.30. The van der Waals surface area contributed by atoms with E-state index in [1.54, 1.807) is 0 Å². The van der Waals surface area contributed by atoms with Gasteiger partial charge in [0, 0.05) is 26.1 Å². The molecule has 2 rings (SSSR count). The maximum atomic E-state index is 9.03. The number of nitriles is 1. The van der Waals surface area contributed by atoms with Gasteiger partial charge in [-0.25, -0.2) is 0 Å². The van der Waals surface area contributed by atoms with Gasteiger partial charge in [-0.1, -0.05) is 12.1 Å². The van der Waals surface area contributed by atoms with Crippen molar-refractivity contribution in [2.75, 3.05) is 19.6 Å². The number of nitrogens with zero attached hydrogens (tertiary/aromatic N) is 4. The fourth-order valence-electron chi connectivity index (χ4n) is 1.92. The maximum absolute atomic E-state index is 9.03. The second kappa shape index (κ2) is 5.75. The molecule has 92 valence electrons. The van der Waals surface area contributed by atoms with Crippen LogP contribution in [0.2, 0.25) is 0 Å². The van der Waals surface area contributed by atoms with Crippen molar-refractivity contribution in [3.63, 3.8) is 0 Å². The third-order valence-electron chi connectivity index (χ3n) is 2.83. The van der Waals surface area contributed by atoms with Crippen molar-refractivity contribution in [3.05, 3.63) is 11.7 Å². The van der Waals surface area contributed by atoms with Crippen LogP contribution < -0.4 is 5.32 Å². The summed E-state index contributed by atoms with van der Waals surface area (Å²) >= 11 is 0. The largest absolute Gasteiger partial charge is 0.338 e. The number of nitrogens with one attached hydrogen (secondary N) is 1. The van der Waals surface area contributed by atoms with E-state index in [4.69, 9.17) is 9.78 Å². The molecule has 0 spiro atoms. The molecule has 1 fully saturated rings. The average molecular weight is 235 g/mol. The van der Waals surface area contributed by atoms with Gasteiger partial charge in [0.15, 0.2) is 5.82 Å². The quantitative estimate of drug-likeness (QED) is 0.809. The lowest BCUT2D eigenvalue weighted by atomic mass is 10.2. The Morgan fingerprint density at radius 1 is 1.65 bits per heavy atom. The summed E-state index contributed by atoms with van der Waals surface area (Å²) in [4.78, 5) is 6.38. The fraction of sp³-hybridized carbons (Fsp3) is 0.727. The smallest absolute Gasteiger partial charge is 0.240 e. The van der Waals surface area contributed by atoms with E-state index in [-0.39, 0.29) is 6.04 Å². The Labute approximate surface area is 101 Å². The molecule has 0 bridgehead atoms. The summed E-state index contributed by atoms with van der Waals surface area (Å²) in [5.74, 6) is 1.36. The highest BCUT2D eigenvalue weighted by Gasteiger charge is 2.23. The van der Waals surface area contributed by atoms with Crippen molar-refractivity contribution in [2.24, 2.45) is 0 Å². The molecule has 1 aromatic heterocycles. The Bertz CT molecular complexity index is 397. The summed E-state index contributed by atoms with van der Waals surface area (Å²) < 4.78 is 5.18. The van der Waals surface area contributed by atoms with Gasteiger partial charge >= 0.3 is 0 Å². The molecule has 1 aromatic rings. The number of rotatable bonds is 4. The Morgan fingerprint density at radius 2 is 2.53 bits per heavy atom. The van der Waals surface area contributed by atoms with E-state index < -0.39 is 0 Å². The molecular formula is C11H17N5O. The highest BCUT2D eigenvalue weighted by atomic mass is 16.5. The van der Waals surface area contributed by atoms with E-state index in [2.05, 4.69) is 33.4 Å². The van der Waals surface area contributed by atoms with Gasteiger partial charge < -0.3 is 9.84 Å². The molecule has 1 N–H and O–H groups in total. The van der Waals surface area contributed by atoms with Crippen molar-refractivity contribution in [1.29, 1.82) is 5.26 Å². The van der Waals surface area contributed by atoms with E-state index >= 15 is 0 Å². The zero-order chi connectivity index (χ0) is 12.1. The zero-order valence-corrected chi connectivity index (χ0v) is 10.0. The molecule has 0 amide bonds. The number of hydrogen-bond acceptors (Lipinski definition) is 6. The SMILES string of the molecule is CCCc1noc(CN2CCNCC2C#N)n1. The molecule has 0 aromatic carbocycles. The monoisotopic (exact) mass is 235 g/mol. The predicted octanol–water partition coefficient (Wildman–Crippen LogP) is 0.319. The Balaban J connectivity index is 1.96. The molecule has 0 radical (unpaired) electrons. The van der Waals surface area contributed by atoms with Crippen molar-refractivity contribution in [1.82, 2.24) is 20.4 Å². The zero-order valence-electron chi connectivity index (χ0n) is 10.0.